The van der Waals surface area contributed by atoms with Crippen LogP contribution in [0, 0.1) is 10.1 Å². The number of non-ortho nitro benzene ring substituents is 1. The molecule has 0 radical (unpaired) electrons. The summed E-state index contributed by atoms with van der Waals surface area (Å²) in [7, 11) is 1.99. The topological polar surface area (TPSA) is 43.1 Å². The first-order chi connectivity index (χ1) is 14.7. The molecule has 0 aromatic heterocycles. The van der Waals surface area contributed by atoms with Gasteiger partial charge in [-0.1, -0.05) is 0 Å². The number of rotatable bonds is 7. The normalized spacial score (nSPS) is 11.2. The van der Waals surface area contributed by atoms with Crippen molar-refractivity contribution in [3.05, 3.63) is 131 Å². The third-order valence-electron chi connectivity index (χ3n) is 5.12. The molecule has 30 heavy (non-hydrogen) atoms. The monoisotopic (exact) mass is 519 g/mol. The summed E-state index contributed by atoms with van der Waals surface area (Å²) in [5.74, 6) is 0.733. The zero-order chi connectivity index (χ0) is 20.8. The number of hydrogen-bond donors (Lipinski definition) is 0. The molecule has 0 aliphatic heterocycles. The van der Waals surface area contributed by atoms with Gasteiger partial charge >= 0.3 is 184 Å². The number of benzene rings is 4. The average Bonchev–Trinajstić information content (AvgIpc) is 2.82. The van der Waals surface area contributed by atoms with Crippen molar-refractivity contribution in [2.75, 3.05) is 0 Å². The Kier molecular flexibility index (Phi) is 6.55. The third kappa shape index (κ3) is 4.30. The van der Waals surface area contributed by atoms with Gasteiger partial charge in [0.25, 0.3) is 0 Å². The molecule has 4 aromatic carbocycles. The van der Waals surface area contributed by atoms with Gasteiger partial charge in [-0.05, 0) is 0 Å². The van der Waals surface area contributed by atoms with Crippen LogP contribution in [0.4, 0.5) is 5.69 Å². The average molecular weight is 518 g/mol. The molecule has 4 rings (SSSR count). The Bertz CT molecular complexity index is 1020. The van der Waals surface area contributed by atoms with Crippen molar-refractivity contribution in [1.29, 1.82) is 0 Å². The molecule has 0 unspecified atom stereocenters. The van der Waals surface area contributed by atoms with E-state index in [2.05, 4.69) is 91.0 Å². The first-order valence-electron chi connectivity index (χ1n) is 9.74. The van der Waals surface area contributed by atoms with Crippen LogP contribution in [-0.2, 0) is 5.75 Å². The third-order valence-corrected chi connectivity index (χ3v) is 25.5. The van der Waals surface area contributed by atoms with E-state index in [-0.39, 0.29) is 10.6 Å². The van der Waals surface area contributed by atoms with Gasteiger partial charge in [-0.15, -0.1) is 0 Å². The molecule has 0 spiro atoms. The van der Waals surface area contributed by atoms with E-state index in [0.717, 1.165) is 11.3 Å². The molecule has 0 saturated heterocycles. The molecule has 0 bridgehead atoms. The van der Waals surface area contributed by atoms with Gasteiger partial charge in [0.15, 0.2) is 0 Å². The predicted octanol–water partition coefficient (Wildman–Crippen LogP) is 4.50. The molecule has 3 nitrogen and oxygen atoms in total. The number of nitro benzene ring substituents is 1. The van der Waals surface area contributed by atoms with Gasteiger partial charge in [-0.3, -0.25) is 0 Å². The van der Waals surface area contributed by atoms with Crippen molar-refractivity contribution in [2.45, 2.75) is 5.75 Å². The summed E-state index contributed by atoms with van der Waals surface area (Å²) in [5.41, 5.74) is 1.13. The van der Waals surface area contributed by atoms with Gasteiger partial charge in [0, 0.05) is 0 Å². The standard InChI is InChI=1S/C7H7NO2S.3C6H5.Sn/c9-8(10)7-3-1-2-6(4-7)5-11;3*1-2-4-6-5-3-1;/h1-4,11H,5H2;3*1-5H;/q;;;;+1/p-1. The molecule has 0 fully saturated rings. The Balaban J connectivity index is 1.85. The van der Waals surface area contributed by atoms with Crippen LogP contribution >= 0.6 is 8.95 Å². The van der Waals surface area contributed by atoms with Crippen molar-refractivity contribution in [3.63, 3.8) is 0 Å². The molecule has 0 aliphatic rings. The van der Waals surface area contributed by atoms with E-state index in [9.17, 15) is 10.1 Å². The zero-order valence-corrected chi connectivity index (χ0v) is 20.0. The van der Waals surface area contributed by atoms with Gasteiger partial charge in [0.05, 0.1) is 0 Å². The molecular formula is C25H21NO2SSn. The Hall–Kier alpha value is -2.57. The maximum absolute atomic E-state index is 11.2. The van der Waals surface area contributed by atoms with E-state index in [0.29, 0.717) is 0 Å². The summed E-state index contributed by atoms with van der Waals surface area (Å²) in [6, 6.07) is 39.3. The van der Waals surface area contributed by atoms with Crippen LogP contribution in [0.25, 0.3) is 0 Å². The zero-order valence-electron chi connectivity index (χ0n) is 16.3. The molecule has 148 valence electrons. The van der Waals surface area contributed by atoms with Crippen molar-refractivity contribution >= 4 is 42.4 Å². The number of nitrogens with zero attached hydrogens (tertiary/aromatic N) is 1. The van der Waals surface area contributed by atoms with Crippen LogP contribution in [0.2, 0.25) is 0 Å². The summed E-state index contributed by atoms with van der Waals surface area (Å²) < 4.78 is 4.17. The molecule has 5 heteroatoms. The van der Waals surface area contributed by atoms with Crippen LogP contribution in [0.15, 0.2) is 115 Å². The van der Waals surface area contributed by atoms with Crippen molar-refractivity contribution < 1.29 is 4.92 Å². The van der Waals surface area contributed by atoms with Gasteiger partial charge in [-0.25, -0.2) is 0 Å². The van der Waals surface area contributed by atoms with Crippen LogP contribution in [-0.4, -0.2) is 21.9 Å². The Morgan fingerprint density at radius 2 is 1.13 bits per heavy atom. The number of hydrogen-bond acceptors (Lipinski definition) is 3. The van der Waals surface area contributed by atoms with E-state index in [1.54, 1.807) is 18.2 Å². The van der Waals surface area contributed by atoms with Crippen molar-refractivity contribution in [1.82, 2.24) is 0 Å². The van der Waals surface area contributed by atoms with Gasteiger partial charge in [0.2, 0.25) is 0 Å². The van der Waals surface area contributed by atoms with Gasteiger partial charge in [0.1, 0.15) is 0 Å². The summed E-state index contributed by atoms with van der Waals surface area (Å²) in [6.07, 6.45) is 0. The summed E-state index contributed by atoms with van der Waals surface area (Å²) >= 11 is -3.41. The Morgan fingerprint density at radius 1 is 0.667 bits per heavy atom. The molecule has 0 heterocycles. The van der Waals surface area contributed by atoms with Crippen LogP contribution in [0.3, 0.4) is 0 Å². The van der Waals surface area contributed by atoms with Gasteiger partial charge in [-0.2, -0.15) is 0 Å². The van der Waals surface area contributed by atoms with Crippen LogP contribution < -0.4 is 10.7 Å². The quantitative estimate of drug-likeness (QED) is 0.206. The van der Waals surface area contributed by atoms with Crippen molar-refractivity contribution in [2.24, 2.45) is 0 Å². The predicted molar refractivity (Wildman–Crippen MR) is 128 cm³/mol. The Morgan fingerprint density at radius 3 is 1.57 bits per heavy atom. The van der Waals surface area contributed by atoms with E-state index < -0.39 is 17.0 Å². The number of nitro groups is 1. The maximum atomic E-state index is 11.2. The first kappa shape index (κ1) is 20.7. The van der Waals surface area contributed by atoms with E-state index in [1.807, 2.05) is 15.0 Å². The molecular weight excluding hydrogens is 497 g/mol. The fourth-order valence-electron chi connectivity index (χ4n) is 3.72. The fraction of sp³-hybridized carbons (Fsp3) is 0.0400. The summed E-state index contributed by atoms with van der Waals surface area (Å²) in [5, 5.41) is 11.2. The van der Waals surface area contributed by atoms with E-state index in [1.165, 1.54) is 10.7 Å². The van der Waals surface area contributed by atoms with Gasteiger partial charge < -0.3 is 0 Å². The molecule has 0 amide bonds. The summed E-state index contributed by atoms with van der Waals surface area (Å²) in [4.78, 5) is 10.9. The molecule has 0 atom stereocenters. The van der Waals surface area contributed by atoms with E-state index >= 15 is 0 Å². The minimum absolute atomic E-state index is 0.146. The summed E-state index contributed by atoms with van der Waals surface area (Å²) in [6.45, 7) is 0. The van der Waals surface area contributed by atoms with Crippen LogP contribution in [0.5, 0.6) is 0 Å². The second kappa shape index (κ2) is 9.49. The Labute approximate surface area is 183 Å². The fourth-order valence-corrected chi connectivity index (χ4v) is 23.6. The minimum atomic E-state index is -3.41. The molecule has 4 aromatic rings. The molecule has 0 aliphatic carbocycles. The van der Waals surface area contributed by atoms with Crippen LogP contribution in [0.1, 0.15) is 5.56 Å². The van der Waals surface area contributed by atoms with Crippen molar-refractivity contribution in [3.8, 4) is 0 Å². The first-order valence-corrected chi connectivity index (χ1v) is 18.5. The van der Waals surface area contributed by atoms with E-state index in [4.69, 9.17) is 0 Å². The molecule has 0 saturated carbocycles. The second-order valence-electron chi connectivity index (χ2n) is 6.99. The second-order valence-corrected chi connectivity index (χ2v) is 23.0. The molecule has 0 N–H and O–H groups in total. The SMILES string of the molecule is O=[N+]([O-])c1cccc(C[S][Sn]([c]2ccccc2)([c]2ccccc2)[c]2ccccc2)c1.